The number of nitrogens with two attached hydrogens (primary N) is 1. The first-order chi connectivity index (χ1) is 16.5. The minimum absolute atomic E-state index is 0.0247. The van der Waals surface area contributed by atoms with Crippen LogP contribution in [0.2, 0.25) is 10.2 Å². The number of hydrogen-bond donors (Lipinski definition) is 3. The summed E-state index contributed by atoms with van der Waals surface area (Å²) in [5, 5.41) is 15.8. The summed E-state index contributed by atoms with van der Waals surface area (Å²) in [5.74, 6) is -5.80. The number of anilines is 1. The largest absolute Gasteiger partial charge is 0.380 e. The molecule has 4 rings (SSSR count). The first-order valence-electron chi connectivity index (χ1n) is 10.1. The van der Waals surface area contributed by atoms with Gasteiger partial charge in [-0.2, -0.15) is 4.98 Å². The Kier molecular flexibility index (Phi) is 6.58. The second-order valence-electron chi connectivity index (χ2n) is 7.66. The molecule has 1 amide bonds. The minimum Gasteiger partial charge on any atom is -0.380 e. The summed E-state index contributed by atoms with van der Waals surface area (Å²) >= 11 is 11.4. The fourth-order valence-electron chi connectivity index (χ4n) is 3.42. The Labute approximate surface area is 206 Å². The molecule has 0 spiro atoms. The number of fused-ring (bicyclic) bond motifs is 1. The van der Waals surface area contributed by atoms with Gasteiger partial charge in [0, 0.05) is 11.8 Å². The number of carbonyl (C=O) groups excluding carboxylic acids is 1. The van der Waals surface area contributed by atoms with Crippen molar-refractivity contribution in [2.24, 2.45) is 0 Å². The number of nitrogen functional groups attached to an aromatic ring is 1. The van der Waals surface area contributed by atoms with Crippen LogP contribution in [0.3, 0.4) is 0 Å². The number of carbonyl (C=O) groups is 1. The number of alkyl halides is 2. The molecule has 3 heterocycles. The maximum Gasteiger partial charge on any atom is 0.295 e. The lowest BCUT2D eigenvalue weighted by Gasteiger charge is -2.23. The van der Waals surface area contributed by atoms with Gasteiger partial charge in [0.2, 0.25) is 5.95 Å². The molecule has 1 unspecified atom stereocenters. The molecule has 35 heavy (non-hydrogen) atoms. The smallest absolute Gasteiger partial charge is 0.295 e. The van der Waals surface area contributed by atoms with Gasteiger partial charge in [-0.1, -0.05) is 35.3 Å². The Morgan fingerprint density at radius 1 is 1.23 bits per heavy atom. The van der Waals surface area contributed by atoms with Crippen molar-refractivity contribution in [3.8, 4) is 11.1 Å². The van der Waals surface area contributed by atoms with Crippen LogP contribution in [0.25, 0.3) is 16.8 Å². The standard InChI is InChI=1S/C22H17Cl2F3N6O2/c1-10-2-3-12(11-6-7-33-15(8-11)31-21(28)32-33)17(25)16(10)20(35)29-9-22(26,27)18(34)14-5-4-13(23)19(24)30-14/h2-8,18,34H,9H2,1H3,(H2,28,32)(H,29,35). The van der Waals surface area contributed by atoms with Crippen molar-refractivity contribution in [2.45, 2.75) is 19.0 Å². The van der Waals surface area contributed by atoms with E-state index in [4.69, 9.17) is 28.9 Å². The van der Waals surface area contributed by atoms with Crippen LogP contribution in [-0.2, 0) is 0 Å². The molecule has 13 heteroatoms. The molecule has 0 aliphatic carbocycles. The highest BCUT2D eigenvalue weighted by atomic mass is 35.5. The van der Waals surface area contributed by atoms with Crippen molar-refractivity contribution in [3.05, 3.63) is 75.4 Å². The Balaban J connectivity index is 1.57. The Morgan fingerprint density at radius 3 is 2.69 bits per heavy atom. The van der Waals surface area contributed by atoms with Gasteiger partial charge < -0.3 is 16.2 Å². The van der Waals surface area contributed by atoms with Crippen LogP contribution in [0, 0.1) is 12.7 Å². The normalized spacial score (nSPS) is 12.7. The topological polar surface area (TPSA) is 118 Å². The summed E-state index contributed by atoms with van der Waals surface area (Å²) in [6.45, 7) is 0.180. The zero-order valence-electron chi connectivity index (χ0n) is 17.9. The van der Waals surface area contributed by atoms with E-state index in [1.165, 1.54) is 41.9 Å². The quantitative estimate of drug-likeness (QED) is 0.325. The third-order valence-corrected chi connectivity index (χ3v) is 5.92. The number of benzene rings is 1. The van der Waals surface area contributed by atoms with Crippen LogP contribution in [0.1, 0.15) is 27.7 Å². The molecule has 0 saturated heterocycles. The van der Waals surface area contributed by atoms with Crippen molar-refractivity contribution < 1.29 is 23.1 Å². The number of pyridine rings is 2. The highest BCUT2D eigenvalue weighted by Crippen LogP contribution is 2.32. The van der Waals surface area contributed by atoms with Crippen molar-refractivity contribution in [1.29, 1.82) is 0 Å². The summed E-state index contributed by atoms with van der Waals surface area (Å²) in [7, 11) is 0. The molecule has 1 atom stereocenters. The maximum atomic E-state index is 15.4. The number of rotatable bonds is 6. The van der Waals surface area contributed by atoms with Crippen molar-refractivity contribution in [1.82, 2.24) is 24.9 Å². The summed E-state index contributed by atoms with van der Waals surface area (Å²) in [6.07, 6.45) is -0.872. The molecule has 8 nitrogen and oxygen atoms in total. The van der Waals surface area contributed by atoms with Gasteiger partial charge in [-0.15, -0.1) is 5.10 Å². The molecule has 0 aliphatic heterocycles. The number of amides is 1. The fraction of sp³-hybridized carbons (Fsp3) is 0.182. The molecule has 182 valence electrons. The number of aromatic nitrogens is 4. The van der Waals surface area contributed by atoms with Gasteiger partial charge in [-0.3, -0.25) is 4.79 Å². The minimum atomic E-state index is -3.85. The lowest BCUT2D eigenvalue weighted by Crippen LogP contribution is -2.41. The lowest BCUT2D eigenvalue weighted by atomic mass is 9.98. The van der Waals surface area contributed by atoms with Crippen LogP contribution in [-0.4, -0.2) is 43.1 Å². The Hall–Kier alpha value is -3.41. The predicted octanol–water partition coefficient (Wildman–Crippen LogP) is 4.23. The second kappa shape index (κ2) is 9.33. The van der Waals surface area contributed by atoms with E-state index < -0.39 is 41.6 Å². The van der Waals surface area contributed by atoms with E-state index in [1.807, 2.05) is 5.32 Å². The van der Waals surface area contributed by atoms with Crippen LogP contribution in [0.15, 0.2) is 42.6 Å². The lowest BCUT2D eigenvalue weighted by molar-refractivity contribution is -0.108. The molecular formula is C22H17Cl2F3N6O2. The fourth-order valence-corrected chi connectivity index (χ4v) is 3.69. The Bertz CT molecular complexity index is 1450. The van der Waals surface area contributed by atoms with Gasteiger partial charge in [0.05, 0.1) is 22.8 Å². The maximum absolute atomic E-state index is 15.4. The first kappa shape index (κ1) is 24.7. The van der Waals surface area contributed by atoms with Crippen LogP contribution < -0.4 is 11.1 Å². The number of nitrogens with one attached hydrogen (secondary N) is 1. The van der Waals surface area contributed by atoms with Crippen molar-refractivity contribution in [2.75, 3.05) is 12.3 Å². The number of aliphatic hydroxyl groups excluding tert-OH is 1. The molecule has 4 aromatic rings. The number of hydrogen-bond acceptors (Lipinski definition) is 6. The van der Waals surface area contributed by atoms with E-state index in [-0.39, 0.29) is 27.3 Å². The summed E-state index contributed by atoms with van der Waals surface area (Å²) in [4.78, 5) is 20.4. The van der Waals surface area contributed by atoms with Crippen LogP contribution >= 0.6 is 23.2 Å². The number of aryl methyl sites for hydroxylation is 1. The summed E-state index contributed by atoms with van der Waals surface area (Å²) in [6, 6.07) is 8.31. The zero-order chi connectivity index (χ0) is 25.5. The molecule has 0 aliphatic rings. The molecule has 0 fully saturated rings. The van der Waals surface area contributed by atoms with Gasteiger partial charge in [0.25, 0.3) is 11.8 Å². The Morgan fingerprint density at radius 2 is 1.97 bits per heavy atom. The SMILES string of the molecule is Cc1ccc(-c2ccn3nc(N)nc3c2)c(F)c1C(=O)NCC(F)(F)C(O)c1ccc(Cl)c(Cl)n1. The monoisotopic (exact) mass is 524 g/mol. The van der Waals surface area contributed by atoms with E-state index in [0.717, 1.165) is 6.07 Å². The van der Waals surface area contributed by atoms with Crippen LogP contribution in [0.5, 0.6) is 0 Å². The second-order valence-corrected chi connectivity index (χ2v) is 8.43. The van der Waals surface area contributed by atoms with Gasteiger partial charge in [0.15, 0.2) is 11.8 Å². The summed E-state index contributed by atoms with van der Waals surface area (Å²) in [5.41, 5.74) is 5.73. The third kappa shape index (κ3) is 4.88. The van der Waals surface area contributed by atoms with Gasteiger partial charge >= 0.3 is 0 Å². The van der Waals surface area contributed by atoms with Crippen molar-refractivity contribution in [3.63, 3.8) is 0 Å². The number of halogens is 5. The highest BCUT2D eigenvalue weighted by molar-refractivity contribution is 6.41. The average molecular weight is 525 g/mol. The third-order valence-electron chi connectivity index (χ3n) is 5.23. The van der Waals surface area contributed by atoms with E-state index in [1.54, 1.807) is 6.07 Å². The van der Waals surface area contributed by atoms with Crippen molar-refractivity contribution >= 4 is 40.7 Å². The summed E-state index contributed by atoms with van der Waals surface area (Å²) < 4.78 is 46.0. The van der Waals surface area contributed by atoms with Crippen LogP contribution in [0.4, 0.5) is 19.1 Å². The molecule has 0 saturated carbocycles. The molecule has 3 aromatic heterocycles. The first-order valence-corrected chi connectivity index (χ1v) is 10.8. The van der Waals surface area contributed by atoms with Gasteiger partial charge in [-0.25, -0.2) is 22.7 Å². The zero-order valence-corrected chi connectivity index (χ0v) is 19.4. The molecule has 4 N–H and O–H groups in total. The molecular weight excluding hydrogens is 508 g/mol. The molecule has 0 bridgehead atoms. The molecule has 1 aromatic carbocycles. The van der Waals surface area contributed by atoms with E-state index in [9.17, 15) is 18.7 Å². The number of nitrogens with zero attached hydrogens (tertiary/aromatic N) is 4. The van der Waals surface area contributed by atoms with E-state index >= 15 is 4.39 Å². The van der Waals surface area contributed by atoms with E-state index in [2.05, 4.69) is 15.1 Å². The molecule has 0 radical (unpaired) electrons. The average Bonchev–Trinajstić information content (AvgIpc) is 3.18. The van der Waals surface area contributed by atoms with E-state index in [0.29, 0.717) is 11.2 Å². The highest BCUT2D eigenvalue weighted by Gasteiger charge is 2.41. The predicted molar refractivity (Wildman–Crippen MR) is 124 cm³/mol. The number of aliphatic hydroxyl groups is 1. The van der Waals surface area contributed by atoms with Gasteiger partial charge in [0.1, 0.15) is 11.0 Å². The van der Waals surface area contributed by atoms with Gasteiger partial charge in [-0.05, 0) is 42.3 Å².